The van der Waals surface area contributed by atoms with Crippen molar-refractivity contribution in [3.05, 3.63) is 28.7 Å². The molecule has 0 atom stereocenters. The van der Waals surface area contributed by atoms with E-state index in [2.05, 4.69) is 0 Å². The lowest BCUT2D eigenvalue weighted by molar-refractivity contribution is 0.572. The molecule has 0 aliphatic rings. The van der Waals surface area contributed by atoms with Crippen LogP contribution in [0.2, 0.25) is 0 Å². The van der Waals surface area contributed by atoms with E-state index in [1.54, 1.807) is 16.8 Å². The summed E-state index contributed by atoms with van der Waals surface area (Å²) in [4.78, 5) is 12.1. The summed E-state index contributed by atoms with van der Waals surface area (Å²) in [6.07, 6.45) is 1.78. The Balaban J connectivity index is 3.17. The van der Waals surface area contributed by atoms with Crippen molar-refractivity contribution in [2.24, 2.45) is 5.14 Å². The van der Waals surface area contributed by atoms with Crippen LogP contribution in [0.4, 0.5) is 0 Å². The number of rotatable bonds is 2. The van der Waals surface area contributed by atoms with Crippen molar-refractivity contribution in [1.82, 2.24) is 4.57 Å². The summed E-state index contributed by atoms with van der Waals surface area (Å²) in [6.45, 7) is 3.93. The number of hydrogen-bond acceptors (Lipinski definition) is 3. The number of aromatic nitrogens is 1. The van der Waals surface area contributed by atoms with Crippen LogP contribution in [0, 0.1) is 0 Å². The molecule has 0 unspecified atom stereocenters. The van der Waals surface area contributed by atoms with E-state index < -0.39 is 0 Å². The maximum absolute atomic E-state index is 11.2. The molecule has 66 valence electrons. The summed E-state index contributed by atoms with van der Waals surface area (Å²) in [7, 11) is 0. The van der Waals surface area contributed by atoms with E-state index in [1.807, 2.05) is 13.8 Å². The van der Waals surface area contributed by atoms with Crippen LogP contribution in [0.1, 0.15) is 19.9 Å². The van der Waals surface area contributed by atoms with Crippen molar-refractivity contribution < 1.29 is 0 Å². The van der Waals surface area contributed by atoms with Gasteiger partial charge in [0.2, 0.25) is 0 Å². The summed E-state index contributed by atoms with van der Waals surface area (Å²) in [6, 6.07) is 3.45. The van der Waals surface area contributed by atoms with Crippen molar-refractivity contribution in [1.29, 1.82) is 0 Å². The standard InChI is InChI=1S/C8H12N2OS/c1-6(2)10-5-7(12-9)3-4-8(10)11/h3-6H,9H2,1-2H3. The lowest BCUT2D eigenvalue weighted by atomic mass is 10.3. The molecule has 0 aliphatic heterocycles. The number of nitrogens with two attached hydrogens (primary N) is 1. The lowest BCUT2D eigenvalue weighted by Crippen LogP contribution is -2.20. The van der Waals surface area contributed by atoms with E-state index in [4.69, 9.17) is 5.14 Å². The van der Waals surface area contributed by atoms with Gasteiger partial charge in [0.1, 0.15) is 0 Å². The topological polar surface area (TPSA) is 48.0 Å². The molecule has 1 aromatic rings. The molecule has 1 rings (SSSR count). The highest BCUT2D eigenvalue weighted by molar-refractivity contribution is 7.97. The molecule has 0 amide bonds. The van der Waals surface area contributed by atoms with Crippen LogP contribution in [0.15, 0.2) is 28.0 Å². The van der Waals surface area contributed by atoms with Crippen molar-refractivity contribution in [3.8, 4) is 0 Å². The van der Waals surface area contributed by atoms with E-state index >= 15 is 0 Å². The fraction of sp³-hybridized carbons (Fsp3) is 0.375. The van der Waals surface area contributed by atoms with Gasteiger partial charge in [-0.2, -0.15) is 0 Å². The zero-order valence-corrected chi connectivity index (χ0v) is 7.97. The molecule has 0 aliphatic carbocycles. The van der Waals surface area contributed by atoms with E-state index in [9.17, 15) is 4.79 Å². The van der Waals surface area contributed by atoms with Crippen LogP contribution in [0.25, 0.3) is 0 Å². The Labute approximate surface area is 75.7 Å². The zero-order chi connectivity index (χ0) is 9.14. The molecule has 2 N–H and O–H groups in total. The first-order valence-electron chi connectivity index (χ1n) is 3.74. The Morgan fingerprint density at radius 1 is 1.50 bits per heavy atom. The number of hydrogen-bond donors (Lipinski definition) is 1. The van der Waals surface area contributed by atoms with Crippen LogP contribution in [-0.2, 0) is 0 Å². The van der Waals surface area contributed by atoms with Crippen molar-refractivity contribution in [3.63, 3.8) is 0 Å². The van der Waals surface area contributed by atoms with Gasteiger partial charge in [-0.05, 0) is 31.9 Å². The molecule has 0 bridgehead atoms. The first-order chi connectivity index (χ1) is 5.65. The average Bonchev–Trinajstić information content (AvgIpc) is 2.05. The Morgan fingerprint density at radius 2 is 2.17 bits per heavy atom. The van der Waals surface area contributed by atoms with Crippen molar-refractivity contribution in [2.45, 2.75) is 24.8 Å². The third-order valence-electron chi connectivity index (χ3n) is 1.60. The molecule has 1 aromatic heterocycles. The van der Waals surface area contributed by atoms with Gasteiger partial charge in [-0.25, -0.2) is 0 Å². The maximum Gasteiger partial charge on any atom is 0.250 e. The van der Waals surface area contributed by atoms with Gasteiger partial charge < -0.3 is 4.57 Å². The molecule has 0 saturated carbocycles. The second kappa shape index (κ2) is 3.78. The van der Waals surface area contributed by atoms with Gasteiger partial charge in [0, 0.05) is 23.2 Å². The minimum atomic E-state index is 0.0165. The normalized spacial score (nSPS) is 10.7. The van der Waals surface area contributed by atoms with Gasteiger partial charge in [0.25, 0.3) is 5.56 Å². The second-order valence-corrected chi connectivity index (χ2v) is 3.53. The van der Waals surface area contributed by atoms with Gasteiger partial charge in [0.05, 0.1) is 0 Å². The second-order valence-electron chi connectivity index (χ2n) is 2.82. The number of pyridine rings is 1. The predicted octanol–water partition coefficient (Wildman–Crippen LogP) is 1.40. The fourth-order valence-corrected chi connectivity index (χ4v) is 1.28. The molecule has 0 radical (unpaired) electrons. The Morgan fingerprint density at radius 3 is 2.67 bits per heavy atom. The number of nitrogens with zero attached hydrogens (tertiary/aromatic N) is 1. The highest BCUT2D eigenvalue weighted by atomic mass is 32.2. The van der Waals surface area contributed by atoms with Gasteiger partial charge >= 0.3 is 0 Å². The monoisotopic (exact) mass is 184 g/mol. The van der Waals surface area contributed by atoms with E-state index in [1.165, 1.54) is 6.07 Å². The molecule has 4 heteroatoms. The molecule has 0 saturated heterocycles. The highest BCUT2D eigenvalue weighted by Crippen LogP contribution is 2.10. The summed E-state index contributed by atoms with van der Waals surface area (Å²) in [5.41, 5.74) is 0.0165. The van der Waals surface area contributed by atoms with Gasteiger partial charge in [-0.3, -0.25) is 9.93 Å². The average molecular weight is 184 g/mol. The maximum atomic E-state index is 11.2. The Bertz CT molecular complexity index is 319. The smallest absolute Gasteiger partial charge is 0.250 e. The Hall–Kier alpha value is -0.740. The minimum Gasteiger partial charge on any atom is -0.312 e. The minimum absolute atomic E-state index is 0.0165. The molecule has 0 aromatic carbocycles. The summed E-state index contributed by atoms with van der Waals surface area (Å²) in [5.74, 6) is 0. The summed E-state index contributed by atoms with van der Waals surface area (Å²) in [5, 5.41) is 5.37. The van der Waals surface area contributed by atoms with Crippen LogP contribution in [0.3, 0.4) is 0 Å². The molecule has 3 nitrogen and oxygen atoms in total. The Kier molecular flexibility index (Phi) is 2.94. The largest absolute Gasteiger partial charge is 0.312 e. The van der Waals surface area contributed by atoms with E-state index in [-0.39, 0.29) is 11.6 Å². The molecule has 1 heterocycles. The van der Waals surface area contributed by atoms with Crippen LogP contribution < -0.4 is 10.7 Å². The summed E-state index contributed by atoms with van der Waals surface area (Å²) >= 11 is 1.15. The molecule has 0 spiro atoms. The zero-order valence-electron chi connectivity index (χ0n) is 7.15. The van der Waals surface area contributed by atoms with Crippen LogP contribution in [-0.4, -0.2) is 4.57 Å². The van der Waals surface area contributed by atoms with Crippen LogP contribution >= 0.6 is 11.9 Å². The summed E-state index contributed by atoms with van der Waals surface area (Å²) < 4.78 is 1.66. The first-order valence-corrected chi connectivity index (χ1v) is 4.62. The highest BCUT2D eigenvalue weighted by Gasteiger charge is 2.00. The molecular formula is C8H12N2OS. The van der Waals surface area contributed by atoms with Gasteiger partial charge in [-0.1, -0.05) is 0 Å². The molecular weight excluding hydrogens is 172 g/mol. The lowest BCUT2D eigenvalue weighted by Gasteiger charge is -2.09. The van der Waals surface area contributed by atoms with Crippen molar-refractivity contribution >= 4 is 11.9 Å². The van der Waals surface area contributed by atoms with Gasteiger partial charge in [-0.15, -0.1) is 0 Å². The molecule has 12 heavy (non-hydrogen) atoms. The first kappa shape index (κ1) is 9.35. The van der Waals surface area contributed by atoms with Crippen molar-refractivity contribution in [2.75, 3.05) is 0 Å². The third kappa shape index (κ3) is 1.89. The van der Waals surface area contributed by atoms with E-state index in [0.717, 1.165) is 16.8 Å². The van der Waals surface area contributed by atoms with Crippen LogP contribution in [0.5, 0.6) is 0 Å². The van der Waals surface area contributed by atoms with E-state index in [0.29, 0.717) is 0 Å². The fourth-order valence-electron chi connectivity index (χ4n) is 0.956. The molecule has 0 fully saturated rings. The third-order valence-corrected chi connectivity index (χ3v) is 2.12. The van der Waals surface area contributed by atoms with Gasteiger partial charge in [0.15, 0.2) is 0 Å². The quantitative estimate of drug-likeness (QED) is 0.707. The SMILES string of the molecule is CC(C)n1cc(SN)ccc1=O. The predicted molar refractivity (Wildman–Crippen MR) is 51.1 cm³/mol.